The molecule has 4 aromatic rings. The van der Waals surface area contributed by atoms with Crippen LogP contribution in [-0.4, -0.2) is 69.6 Å². The van der Waals surface area contributed by atoms with Crippen LogP contribution in [0.4, 0.5) is 5.82 Å². The molecular weight excluding hydrogens is 624 g/mol. The number of hydrogen-bond donors (Lipinski definition) is 6. The molecular formula is C26H26ClN5O9P2. The molecule has 0 spiro atoms. The second-order valence-electron chi connectivity index (χ2n) is 10.4. The number of ether oxygens (including phenoxy) is 1. The van der Waals surface area contributed by atoms with Crippen molar-refractivity contribution in [3.8, 4) is 11.1 Å². The molecule has 1 aliphatic heterocycles. The number of benzene rings is 2. The van der Waals surface area contributed by atoms with E-state index in [1.165, 1.54) is 10.9 Å². The quantitative estimate of drug-likeness (QED) is 0.112. The molecule has 14 nitrogen and oxygen atoms in total. The van der Waals surface area contributed by atoms with Gasteiger partial charge < -0.3 is 34.9 Å². The van der Waals surface area contributed by atoms with Crippen LogP contribution in [0.25, 0.3) is 22.3 Å². The lowest BCUT2D eigenvalue weighted by Crippen LogP contribution is -2.30. The highest BCUT2D eigenvalue weighted by Gasteiger charge is 2.41. The molecule has 226 valence electrons. The summed E-state index contributed by atoms with van der Waals surface area (Å²) in [6.07, 6.45) is -1.68. The van der Waals surface area contributed by atoms with Gasteiger partial charge in [-0.3, -0.25) is 18.2 Å². The average molecular weight is 650 g/mol. The highest BCUT2D eigenvalue weighted by molar-refractivity contribution is 7.70. The molecule has 2 aromatic heterocycles. The third-order valence-corrected chi connectivity index (χ3v) is 11.1. The number of fused-ring (bicyclic) bond motifs is 4. The zero-order chi connectivity index (χ0) is 30.7. The SMILES string of the molecule is CC1(CNc2nc(Cl)nc3c2ncn3[C@@H]2OC(COP(=O)(O)CP(=O)(O)O)=C(O)C2O)c2ccccc2-c2ccccc21. The number of halogens is 1. The van der Waals surface area contributed by atoms with Gasteiger partial charge in [-0.1, -0.05) is 48.5 Å². The fourth-order valence-electron chi connectivity index (χ4n) is 5.51. The zero-order valence-electron chi connectivity index (χ0n) is 22.4. The maximum Gasteiger partial charge on any atom is 0.340 e. The smallest absolute Gasteiger partial charge is 0.340 e. The molecule has 0 bridgehead atoms. The molecule has 2 aliphatic rings. The standard InChI is InChI=1S/C26H26ClN5O9P2/c1-26(16-8-4-2-6-14(16)15-7-3-5-9-17(15)26)11-28-22-19-23(31-25(27)30-22)32(12-29-19)24-21(34)20(33)18(41-24)10-40-43(38,39)13-42(35,36)37/h2-9,12,21,24,33-34H,10-11,13H2,1H3,(H,38,39)(H,28,30,31)(H2,35,36,37)/t21?,24-/m1/s1. The van der Waals surface area contributed by atoms with E-state index in [1.54, 1.807) is 0 Å². The van der Waals surface area contributed by atoms with Crippen LogP contribution in [0.5, 0.6) is 0 Å². The summed E-state index contributed by atoms with van der Waals surface area (Å²) < 4.78 is 34.8. The third-order valence-electron chi connectivity index (χ3n) is 7.47. The number of aliphatic hydroxyl groups is 2. The molecule has 2 unspecified atom stereocenters. The van der Waals surface area contributed by atoms with Crippen molar-refractivity contribution >= 4 is 43.8 Å². The Morgan fingerprint density at radius 2 is 1.70 bits per heavy atom. The molecule has 6 rings (SSSR count). The van der Waals surface area contributed by atoms with E-state index in [9.17, 15) is 24.2 Å². The molecule has 0 amide bonds. The summed E-state index contributed by atoms with van der Waals surface area (Å²) in [7, 11) is -9.61. The van der Waals surface area contributed by atoms with Crippen molar-refractivity contribution in [3.05, 3.63) is 82.8 Å². The van der Waals surface area contributed by atoms with Crippen LogP contribution in [0.15, 0.2) is 66.4 Å². The molecule has 0 radical (unpaired) electrons. The summed E-state index contributed by atoms with van der Waals surface area (Å²) in [5.74, 6) is -2.21. The second-order valence-corrected chi connectivity index (χ2v) is 14.8. The normalized spacial score (nSPS) is 20.5. The van der Waals surface area contributed by atoms with Crippen LogP contribution in [0.3, 0.4) is 0 Å². The summed E-state index contributed by atoms with van der Waals surface area (Å²) in [6.45, 7) is 1.72. The fourth-order valence-corrected chi connectivity index (χ4v) is 8.19. The predicted octanol–water partition coefficient (Wildman–Crippen LogP) is 3.87. The van der Waals surface area contributed by atoms with Gasteiger partial charge in [-0.2, -0.15) is 9.97 Å². The minimum absolute atomic E-state index is 0.124. The lowest BCUT2D eigenvalue weighted by molar-refractivity contribution is -0.0112. The highest BCUT2D eigenvalue weighted by Crippen LogP contribution is 2.56. The van der Waals surface area contributed by atoms with Gasteiger partial charge in [0.15, 0.2) is 40.5 Å². The molecule has 0 saturated carbocycles. The number of imidazole rings is 1. The Hall–Kier alpha value is -3.32. The summed E-state index contributed by atoms with van der Waals surface area (Å²) in [5, 5.41) is 24.4. The molecule has 0 fully saturated rings. The Labute approximate surface area is 249 Å². The third kappa shape index (κ3) is 5.45. The summed E-state index contributed by atoms with van der Waals surface area (Å²) in [5.41, 5.74) is 4.64. The minimum Gasteiger partial charge on any atom is -0.506 e. The number of aliphatic hydroxyl groups excluding tert-OH is 2. The van der Waals surface area contributed by atoms with Crippen LogP contribution >= 0.6 is 26.8 Å². The molecule has 6 N–H and O–H groups in total. The van der Waals surface area contributed by atoms with E-state index in [4.69, 9.17) is 30.6 Å². The molecule has 3 atom stereocenters. The van der Waals surface area contributed by atoms with Gasteiger partial charge in [0, 0.05) is 12.0 Å². The highest BCUT2D eigenvalue weighted by atomic mass is 35.5. The van der Waals surface area contributed by atoms with E-state index < -0.39 is 57.0 Å². The van der Waals surface area contributed by atoms with Crippen LogP contribution in [0, 0.1) is 0 Å². The maximum atomic E-state index is 12.0. The van der Waals surface area contributed by atoms with Gasteiger partial charge in [0.25, 0.3) is 0 Å². The Kier molecular flexibility index (Phi) is 7.39. The second kappa shape index (κ2) is 10.7. The van der Waals surface area contributed by atoms with Crippen molar-refractivity contribution < 1.29 is 43.3 Å². The lowest BCUT2D eigenvalue weighted by Gasteiger charge is -2.28. The number of aromatic nitrogens is 4. The van der Waals surface area contributed by atoms with Gasteiger partial charge in [0.05, 0.1) is 0 Å². The number of rotatable bonds is 9. The maximum absolute atomic E-state index is 12.0. The van der Waals surface area contributed by atoms with Crippen LogP contribution in [0.1, 0.15) is 24.3 Å². The molecule has 3 heterocycles. The van der Waals surface area contributed by atoms with Gasteiger partial charge in [-0.05, 0) is 40.8 Å². The van der Waals surface area contributed by atoms with Crippen molar-refractivity contribution in [2.24, 2.45) is 0 Å². The van der Waals surface area contributed by atoms with E-state index >= 15 is 0 Å². The van der Waals surface area contributed by atoms with E-state index in [0.717, 1.165) is 22.3 Å². The van der Waals surface area contributed by atoms with E-state index in [2.05, 4.69) is 51.5 Å². The van der Waals surface area contributed by atoms with Gasteiger partial charge in [-0.15, -0.1) is 0 Å². The Morgan fingerprint density at radius 3 is 2.33 bits per heavy atom. The summed E-state index contributed by atoms with van der Waals surface area (Å²) in [4.78, 5) is 40.7. The van der Waals surface area contributed by atoms with Gasteiger partial charge >= 0.3 is 15.2 Å². The molecule has 1 aliphatic carbocycles. The first kappa shape index (κ1) is 29.7. The van der Waals surface area contributed by atoms with Crippen molar-refractivity contribution in [1.29, 1.82) is 0 Å². The van der Waals surface area contributed by atoms with Crippen LogP contribution in [0.2, 0.25) is 5.28 Å². The van der Waals surface area contributed by atoms with Crippen molar-refractivity contribution in [1.82, 2.24) is 19.5 Å². The van der Waals surface area contributed by atoms with Crippen molar-refractivity contribution in [2.45, 2.75) is 24.7 Å². The van der Waals surface area contributed by atoms with E-state index in [0.29, 0.717) is 17.9 Å². The zero-order valence-corrected chi connectivity index (χ0v) is 24.9. The van der Waals surface area contributed by atoms with Gasteiger partial charge in [-0.25, -0.2) is 4.98 Å². The lowest BCUT2D eigenvalue weighted by atomic mass is 9.80. The van der Waals surface area contributed by atoms with Gasteiger partial charge in [0.2, 0.25) is 11.5 Å². The molecule has 43 heavy (non-hydrogen) atoms. The Bertz CT molecular complexity index is 1830. The van der Waals surface area contributed by atoms with Crippen LogP contribution < -0.4 is 5.32 Å². The number of nitrogens with zero attached hydrogens (tertiary/aromatic N) is 4. The first-order valence-electron chi connectivity index (χ1n) is 12.9. The molecule has 17 heteroatoms. The molecule has 0 saturated heterocycles. The number of anilines is 1. The Balaban J connectivity index is 1.25. The number of hydrogen-bond acceptors (Lipinski definition) is 10. The predicted molar refractivity (Wildman–Crippen MR) is 156 cm³/mol. The van der Waals surface area contributed by atoms with Crippen molar-refractivity contribution in [2.75, 3.05) is 24.4 Å². The van der Waals surface area contributed by atoms with Crippen molar-refractivity contribution in [3.63, 3.8) is 0 Å². The largest absolute Gasteiger partial charge is 0.506 e. The monoisotopic (exact) mass is 649 g/mol. The van der Waals surface area contributed by atoms with E-state index in [1.807, 2.05) is 24.3 Å². The van der Waals surface area contributed by atoms with E-state index in [-0.39, 0.29) is 10.9 Å². The molecule has 2 aromatic carbocycles. The summed E-state index contributed by atoms with van der Waals surface area (Å²) in [6, 6.07) is 16.4. The van der Waals surface area contributed by atoms with Gasteiger partial charge in [0.1, 0.15) is 12.9 Å². The Morgan fingerprint density at radius 1 is 1.07 bits per heavy atom. The topological polar surface area (TPSA) is 209 Å². The fraction of sp³-hybridized carbons (Fsp3) is 0.269. The summed E-state index contributed by atoms with van der Waals surface area (Å²) >= 11 is 6.29. The first-order valence-corrected chi connectivity index (χ1v) is 16.8. The first-order chi connectivity index (χ1) is 20.3. The number of nitrogens with one attached hydrogen (secondary N) is 1. The minimum atomic E-state index is -4.87. The average Bonchev–Trinajstić information content (AvgIpc) is 3.57. The van der Waals surface area contributed by atoms with Crippen LogP contribution in [-0.2, 0) is 23.8 Å².